The molecule has 0 aliphatic carbocycles. The first-order valence-electron chi connectivity index (χ1n) is 9.57. The molecule has 0 unspecified atom stereocenters. The Morgan fingerprint density at radius 2 is 1.71 bits per heavy atom. The molecule has 0 aromatic heterocycles. The lowest BCUT2D eigenvalue weighted by Gasteiger charge is -2.44. The van der Waals surface area contributed by atoms with E-state index in [1.807, 2.05) is 0 Å². The minimum atomic E-state index is -0.298. The number of fused-ring (bicyclic) bond motifs is 1. The van der Waals surface area contributed by atoms with Crippen molar-refractivity contribution in [1.82, 2.24) is 9.80 Å². The Kier molecular flexibility index (Phi) is 6.85. The standard InChI is InChI=1S/C21H34N2O/c1-5-7-13-21(14-8-6-2)19-12-10-9-11-18(19)17-23(20(21)24)16-15-22(3)4/h9-12H,5-8,13-17H2,1-4H3. The number of benzene rings is 1. The fraction of sp³-hybridized carbons (Fsp3) is 0.667. The molecule has 3 heteroatoms. The number of hydrogen-bond donors (Lipinski definition) is 0. The van der Waals surface area contributed by atoms with Crippen molar-refractivity contribution in [3.63, 3.8) is 0 Å². The van der Waals surface area contributed by atoms with Gasteiger partial charge in [0.05, 0.1) is 5.41 Å². The van der Waals surface area contributed by atoms with Crippen molar-refractivity contribution in [2.45, 2.75) is 64.3 Å². The summed E-state index contributed by atoms with van der Waals surface area (Å²) in [6.45, 7) is 6.95. The molecular weight excluding hydrogens is 296 g/mol. The predicted molar refractivity (Wildman–Crippen MR) is 101 cm³/mol. The zero-order valence-electron chi connectivity index (χ0n) is 16.0. The number of likely N-dealkylation sites (N-methyl/N-ethyl adjacent to an activating group) is 1. The Labute approximate surface area is 148 Å². The second-order valence-corrected chi connectivity index (χ2v) is 7.48. The molecular formula is C21H34N2O. The van der Waals surface area contributed by atoms with E-state index >= 15 is 0 Å². The third kappa shape index (κ3) is 4.00. The van der Waals surface area contributed by atoms with Crippen molar-refractivity contribution in [1.29, 1.82) is 0 Å². The highest BCUT2D eigenvalue weighted by atomic mass is 16.2. The van der Waals surface area contributed by atoms with Gasteiger partial charge in [-0.15, -0.1) is 0 Å². The fourth-order valence-corrected chi connectivity index (χ4v) is 3.89. The van der Waals surface area contributed by atoms with Gasteiger partial charge in [0.1, 0.15) is 0 Å². The maximum absolute atomic E-state index is 13.5. The van der Waals surface area contributed by atoms with E-state index in [0.29, 0.717) is 5.91 Å². The molecule has 0 atom stereocenters. The molecule has 0 N–H and O–H groups in total. The predicted octanol–water partition coefficient (Wildman–Crippen LogP) is 4.21. The van der Waals surface area contributed by atoms with Gasteiger partial charge in [0.15, 0.2) is 0 Å². The first kappa shape index (κ1) is 19.0. The molecule has 1 aromatic carbocycles. The van der Waals surface area contributed by atoms with E-state index in [-0.39, 0.29) is 5.41 Å². The van der Waals surface area contributed by atoms with Crippen LogP contribution in [0, 0.1) is 0 Å². The Morgan fingerprint density at radius 1 is 1.08 bits per heavy atom. The number of carbonyl (C=O) groups is 1. The Balaban J connectivity index is 2.40. The highest BCUT2D eigenvalue weighted by Crippen LogP contribution is 2.42. The number of amides is 1. The van der Waals surface area contributed by atoms with Gasteiger partial charge in [-0.25, -0.2) is 0 Å². The van der Waals surface area contributed by atoms with Crippen LogP contribution in [0.4, 0.5) is 0 Å². The van der Waals surface area contributed by atoms with Gasteiger partial charge in [0.2, 0.25) is 5.91 Å². The fourth-order valence-electron chi connectivity index (χ4n) is 3.89. The summed E-state index contributed by atoms with van der Waals surface area (Å²) < 4.78 is 0. The van der Waals surface area contributed by atoms with E-state index in [9.17, 15) is 4.79 Å². The zero-order chi connectivity index (χ0) is 17.6. The van der Waals surface area contributed by atoms with Crippen LogP contribution in [-0.4, -0.2) is 42.9 Å². The van der Waals surface area contributed by atoms with Gasteiger partial charge in [-0.3, -0.25) is 4.79 Å². The summed E-state index contributed by atoms with van der Waals surface area (Å²) >= 11 is 0. The maximum atomic E-state index is 13.5. The molecule has 0 radical (unpaired) electrons. The van der Waals surface area contributed by atoms with Crippen LogP contribution in [0.15, 0.2) is 24.3 Å². The van der Waals surface area contributed by atoms with Crippen molar-refractivity contribution in [2.75, 3.05) is 27.2 Å². The largest absolute Gasteiger partial charge is 0.336 e. The van der Waals surface area contributed by atoms with Gasteiger partial charge in [-0.2, -0.15) is 0 Å². The van der Waals surface area contributed by atoms with Gasteiger partial charge in [0.25, 0.3) is 0 Å². The summed E-state index contributed by atoms with van der Waals surface area (Å²) in [6.07, 6.45) is 6.48. The lowest BCUT2D eigenvalue weighted by atomic mass is 9.68. The molecule has 1 aromatic rings. The molecule has 1 amide bonds. The molecule has 0 fully saturated rings. The van der Waals surface area contributed by atoms with Crippen LogP contribution < -0.4 is 0 Å². The van der Waals surface area contributed by atoms with Crippen molar-refractivity contribution < 1.29 is 4.79 Å². The summed E-state index contributed by atoms with van der Waals surface area (Å²) in [5.74, 6) is 0.366. The van der Waals surface area contributed by atoms with Crippen LogP contribution in [0.5, 0.6) is 0 Å². The lowest BCUT2D eigenvalue weighted by molar-refractivity contribution is -0.140. The second-order valence-electron chi connectivity index (χ2n) is 7.48. The van der Waals surface area contributed by atoms with E-state index in [1.54, 1.807) is 0 Å². The number of rotatable bonds is 9. The van der Waals surface area contributed by atoms with Gasteiger partial charge >= 0.3 is 0 Å². The van der Waals surface area contributed by atoms with Crippen LogP contribution in [0.3, 0.4) is 0 Å². The normalized spacial score (nSPS) is 16.5. The van der Waals surface area contributed by atoms with Crippen LogP contribution in [0.25, 0.3) is 0 Å². The summed E-state index contributed by atoms with van der Waals surface area (Å²) in [4.78, 5) is 17.8. The molecule has 1 aliphatic rings. The number of hydrogen-bond acceptors (Lipinski definition) is 2. The van der Waals surface area contributed by atoms with E-state index in [4.69, 9.17) is 0 Å². The Hall–Kier alpha value is -1.35. The SMILES string of the molecule is CCCCC1(CCCC)C(=O)N(CCN(C)C)Cc2ccccc21. The van der Waals surface area contributed by atoms with Crippen LogP contribution in [0.1, 0.15) is 63.5 Å². The second kappa shape index (κ2) is 8.66. The Bertz CT molecular complexity index is 530. The quantitative estimate of drug-likeness (QED) is 0.677. The minimum Gasteiger partial charge on any atom is -0.336 e. The summed E-state index contributed by atoms with van der Waals surface area (Å²) in [5, 5.41) is 0. The van der Waals surface area contributed by atoms with Gasteiger partial charge < -0.3 is 9.80 Å². The highest BCUT2D eigenvalue weighted by Gasteiger charge is 2.45. The molecule has 1 heterocycles. The van der Waals surface area contributed by atoms with Crippen molar-refractivity contribution in [3.05, 3.63) is 35.4 Å². The maximum Gasteiger partial charge on any atom is 0.233 e. The van der Waals surface area contributed by atoms with E-state index in [2.05, 4.69) is 62.0 Å². The van der Waals surface area contributed by atoms with Crippen molar-refractivity contribution >= 4 is 5.91 Å². The third-order valence-corrected chi connectivity index (χ3v) is 5.32. The first-order chi connectivity index (χ1) is 11.5. The minimum absolute atomic E-state index is 0.298. The number of unbranched alkanes of at least 4 members (excludes halogenated alkanes) is 2. The summed E-state index contributed by atoms with van der Waals surface area (Å²) in [5.41, 5.74) is 2.36. The molecule has 0 spiro atoms. The van der Waals surface area contributed by atoms with Gasteiger partial charge in [-0.1, -0.05) is 63.8 Å². The van der Waals surface area contributed by atoms with Crippen molar-refractivity contribution in [2.24, 2.45) is 0 Å². The molecule has 1 aliphatic heterocycles. The topological polar surface area (TPSA) is 23.6 Å². The van der Waals surface area contributed by atoms with Crippen LogP contribution >= 0.6 is 0 Å². The Morgan fingerprint density at radius 3 is 2.29 bits per heavy atom. The van der Waals surface area contributed by atoms with Gasteiger partial charge in [-0.05, 0) is 38.1 Å². The first-order valence-corrected chi connectivity index (χ1v) is 9.57. The van der Waals surface area contributed by atoms with E-state index in [1.165, 1.54) is 11.1 Å². The van der Waals surface area contributed by atoms with E-state index < -0.39 is 0 Å². The molecule has 2 rings (SSSR count). The smallest absolute Gasteiger partial charge is 0.233 e. The highest BCUT2D eigenvalue weighted by molar-refractivity contribution is 5.90. The van der Waals surface area contributed by atoms with E-state index in [0.717, 1.165) is 58.2 Å². The summed E-state index contributed by atoms with van der Waals surface area (Å²) in [6, 6.07) is 8.65. The van der Waals surface area contributed by atoms with Crippen LogP contribution in [-0.2, 0) is 16.8 Å². The molecule has 0 saturated heterocycles. The molecule has 3 nitrogen and oxygen atoms in total. The number of nitrogens with zero attached hydrogens (tertiary/aromatic N) is 2. The van der Waals surface area contributed by atoms with Crippen LogP contribution in [0.2, 0.25) is 0 Å². The zero-order valence-corrected chi connectivity index (χ0v) is 16.0. The average Bonchev–Trinajstić information content (AvgIpc) is 2.58. The van der Waals surface area contributed by atoms with Gasteiger partial charge in [0, 0.05) is 19.6 Å². The molecule has 134 valence electrons. The molecule has 0 bridgehead atoms. The molecule has 0 saturated carbocycles. The van der Waals surface area contributed by atoms with Crippen molar-refractivity contribution in [3.8, 4) is 0 Å². The third-order valence-electron chi connectivity index (χ3n) is 5.32. The average molecular weight is 331 g/mol. The summed E-state index contributed by atoms with van der Waals surface area (Å²) in [7, 11) is 4.15. The number of carbonyl (C=O) groups excluding carboxylic acids is 1. The monoisotopic (exact) mass is 330 g/mol. The lowest BCUT2D eigenvalue weighted by Crippen LogP contribution is -2.52. The molecule has 24 heavy (non-hydrogen) atoms.